The highest BCUT2D eigenvalue weighted by Gasteiger charge is 2.47. The van der Waals surface area contributed by atoms with Crippen molar-refractivity contribution in [1.29, 1.82) is 0 Å². The molecule has 0 spiro atoms. The van der Waals surface area contributed by atoms with Gasteiger partial charge in [-0.1, -0.05) is 43.2 Å². The van der Waals surface area contributed by atoms with Gasteiger partial charge in [0, 0.05) is 19.9 Å². The third-order valence-electron chi connectivity index (χ3n) is 4.14. The molecule has 1 aliphatic rings. The Morgan fingerprint density at radius 3 is 2.50 bits per heavy atom. The molecule has 0 bridgehead atoms. The van der Waals surface area contributed by atoms with Crippen LogP contribution in [-0.2, 0) is 9.59 Å². The summed E-state index contributed by atoms with van der Waals surface area (Å²) in [4.78, 5) is 24.1. The molecule has 1 aromatic carbocycles. The number of nitrogens with one attached hydrogen (secondary N) is 2. The van der Waals surface area contributed by atoms with E-state index in [1.165, 1.54) is 6.92 Å². The second-order valence-corrected chi connectivity index (χ2v) is 5.44. The molecule has 108 valence electrons. The van der Waals surface area contributed by atoms with Crippen LogP contribution >= 0.6 is 0 Å². The molecule has 1 aromatic rings. The van der Waals surface area contributed by atoms with E-state index in [2.05, 4.69) is 10.6 Å². The summed E-state index contributed by atoms with van der Waals surface area (Å²) in [6.07, 6.45) is 3.64. The van der Waals surface area contributed by atoms with Crippen LogP contribution in [-0.4, -0.2) is 24.4 Å². The average molecular weight is 274 g/mol. The molecule has 20 heavy (non-hydrogen) atoms. The van der Waals surface area contributed by atoms with Crippen LogP contribution in [0.15, 0.2) is 30.3 Å². The number of carbonyl (C=O) groups excluding carboxylic acids is 2. The molecule has 1 saturated carbocycles. The summed E-state index contributed by atoms with van der Waals surface area (Å²) < 4.78 is 0. The summed E-state index contributed by atoms with van der Waals surface area (Å²) >= 11 is 0. The van der Waals surface area contributed by atoms with Gasteiger partial charge in [0.15, 0.2) is 0 Å². The molecule has 0 saturated heterocycles. The molecule has 1 aliphatic carbocycles. The van der Waals surface area contributed by atoms with Crippen LogP contribution in [0, 0.1) is 0 Å². The van der Waals surface area contributed by atoms with Crippen molar-refractivity contribution in [1.82, 2.24) is 10.6 Å². The number of amides is 2. The Balaban J connectivity index is 2.44. The molecule has 1 fully saturated rings. The van der Waals surface area contributed by atoms with Crippen molar-refractivity contribution >= 4 is 11.8 Å². The zero-order valence-corrected chi connectivity index (χ0v) is 12.1. The maximum Gasteiger partial charge on any atom is 0.246 e. The lowest BCUT2D eigenvalue weighted by Crippen LogP contribution is -2.62. The smallest absolute Gasteiger partial charge is 0.246 e. The fourth-order valence-electron chi connectivity index (χ4n) is 3.32. The lowest BCUT2D eigenvalue weighted by molar-refractivity contribution is -0.134. The predicted molar refractivity (Wildman–Crippen MR) is 78.3 cm³/mol. The number of benzene rings is 1. The van der Waals surface area contributed by atoms with Crippen LogP contribution in [0.3, 0.4) is 0 Å². The van der Waals surface area contributed by atoms with E-state index in [0.29, 0.717) is 6.42 Å². The topological polar surface area (TPSA) is 58.2 Å². The van der Waals surface area contributed by atoms with Gasteiger partial charge < -0.3 is 10.6 Å². The molecule has 0 heterocycles. The molecule has 0 aliphatic heterocycles. The van der Waals surface area contributed by atoms with E-state index in [1.807, 2.05) is 30.3 Å². The number of rotatable bonds is 3. The molecule has 0 unspecified atom stereocenters. The molecule has 4 nitrogen and oxygen atoms in total. The second-order valence-electron chi connectivity index (χ2n) is 5.44. The Labute approximate surface area is 119 Å². The lowest BCUT2D eigenvalue weighted by Gasteiger charge is -2.43. The van der Waals surface area contributed by atoms with Crippen LogP contribution in [0.5, 0.6) is 0 Å². The quantitative estimate of drug-likeness (QED) is 0.885. The first-order chi connectivity index (χ1) is 9.60. The lowest BCUT2D eigenvalue weighted by atomic mass is 9.69. The Bertz CT molecular complexity index is 487. The van der Waals surface area contributed by atoms with E-state index >= 15 is 0 Å². The molecule has 4 heteroatoms. The van der Waals surface area contributed by atoms with E-state index < -0.39 is 5.54 Å². The van der Waals surface area contributed by atoms with Crippen molar-refractivity contribution in [2.24, 2.45) is 0 Å². The zero-order valence-electron chi connectivity index (χ0n) is 12.1. The summed E-state index contributed by atoms with van der Waals surface area (Å²) in [5.74, 6) is -0.223. The minimum atomic E-state index is -0.819. The van der Waals surface area contributed by atoms with Crippen LogP contribution < -0.4 is 10.6 Å². The van der Waals surface area contributed by atoms with Crippen molar-refractivity contribution in [2.45, 2.75) is 44.1 Å². The molecule has 0 aromatic heterocycles. The molecule has 2 atom stereocenters. The van der Waals surface area contributed by atoms with E-state index in [4.69, 9.17) is 0 Å². The number of hydrogen-bond donors (Lipinski definition) is 2. The third-order valence-corrected chi connectivity index (χ3v) is 4.14. The summed E-state index contributed by atoms with van der Waals surface area (Å²) in [5.41, 5.74) is 0.296. The van der Waals surface area contributed by atoms with Gasteiger partial charge in [-0.3, -0.25) is 9.59 Å². The average Bonchev–Trinajstić information content (AvgIpc) is 2.47. The van der Waals surface area contributed by atoms with Crippen LogP contribution in [0.4, 0.5) is 0 Å². The maximum absolute atomic E-state index is 12.5. The van der Waals surface area contributed by atoms with E-state index in [1.54, 1.807) is 7.05 Å². The van der Waals surface area contributed by atoms with Gasteiger partial charge in [-0.2, -0.15) is 0 Å². The first-order valence-corrected chi connectivity index (χ1v) is 7.16. The zero-order chi connectivity index (χ0) is 14.6. The van der Waals surface area contributed by atoms with Crippen LogP contribution in [0.25, 0.3) is 0 Å². The number of hydrogen-bond acceptors (Lipinski definition) is 2. The van der Waals surface area contributed by atoms with Gasteiger partial charge in [-0.05, 0) is 18.4 Å². The standard InChI is InChI=1S/C16H22N2O2/c1-12(19)18-16(15(20)17-2)11-7-6-10-14(16)13-8-4-3-5-9-13/h3-5,8-9,14H,6-7,10-11H2,1-2H3,(H,17,20)(H,18,19)/t14-,16+/m0/s1. The van der Waals surface area contributed by atoms with Gasteiger partial charge in [0.2, 0.25) is 11.8 Å². The largest absolute Gasteiger partial charge is 0.357 e. The minimum Gasteiger partial charge on any atom is -0.357 e. The Morgan fingerprint density at radius 1 is 1.20 bits per heavy atom. The Kier molecular flexibility index (Phi) is 4.42. The molecule has 2 N–H and O–H groups in total. The summed E-state index contributed by atoms with van der Waals surface area (Å²) in [6, 6.07) is 10.00. The highest BCUT2D eigenvalue weighted by atomic mass is 16.2. The summed E-state index contributed by atoms with van der Waals surface area (Å²) in [5, 5.41) is 5.67. The van der Waals surface area contributed by atoms with Crippen molar-refractivity contribution in [3.63, 3.8) is 0 Å². The summed E-state index contributed by atoms with van der Waals surface area (Å²) in [7, 11) is 1.63. The van der Waals surface area contributed by atoms with Crippen LogP contribution in [0.2, 0.25) is 0 Å². The predicted octanol–water partition coefficient (Wildman–Crippen LogP) is 1.97. The SMILES string of the molecule is CNC(=O)[C@@]1(NC(C)=O)CCCC[C@H]1c1ccccc1. The van der Waals surface area contributed by atoms with Gasteiger partial charge in [0.25, 0.3) is 0 Å². The maximum atomic E-state index is 12.5. The number of carbonyl (C=O) groups is 2. The molecular weight excluding hydrogens is 252 g/mol. The molecule has 2 rings (SSSR count). The minimum absolute atomic E-state index is 0.0290. The van der Waals surface area contributed by atoms with Crippen LogP contribution in [0.1, 0.15) is 44.1 Å². The van der Waals surface area contributed by atoms with Gasteiger partial charge in [-0.15, -0.1) is 0 Å². The van der Waals surface area contributed by atoms with Crippen molar-refractivity contribution < 1.29 is 9.59 Å². The van der Waals surface area contributed by atoms with Crippen molar-refractivity contribution in [3.05, 3.63) is 35.9 Å². The fraction of sp³-hybridized carbons (Fsp3) is 0.500. The Morgan fingerprint density at radius 2 is 1.90 bits per heavy atom. The van der Waals surface area contributed by atoms with E-state index in [9.17, 15) is 9.59 Å². The molecule has 0 radical (unpaired) electrons. The number of likely N-dealkylation sites (N-methyl/N-ethyl adjacent to an activating group) is 1. The van der Waals surface area contributed by atoms with Crippen molar-refractivity contribution in [3.8, 4) is 0 Å². The van der Waals surface area contributed by atoms with E-state index in [0.717, 1.165) is 24.8 Å². The summed E-state index contributed by atoms with van der Waals surface area (Å²) in [6.45, 7) is 1.47. The second kappa shape index (κ2) is 6.07. The van der Waals surface area contributed by atoms with E-state index in [-0.39, 0.29) is 17.7 Å². The first kappa shape index (κ1) is 14.6. The Hall–Kier alpha value is -1.84. The van der Waals surface area contributed by atoms with Gasteiger partial charge in [0.05, 0.1) is 0 Å². The highest BCUT2D eigenvalue weighted by molar-refractivity contribution is 5.92. The monoisotopic (exact) mass is 274 g/mol. The fourth-order valence-corrected chi connectivity index (χ4v) is 3.32. The first-order valence-electron chi connectivity index (χ1n) is 7.16. The van der Waals surface area contributed by atoms with Gasteiger partial charge >= 0.3 is 0 Å². The normalized spacial score (nSPS) is 25.8. The third kappa shape index (κ3) is 2.69. The van der Waals surface area contributed by atoms with Crippen molar-refractivity contribution in [2.75, 3.05) is 7.05 Å². The highest BCUT2D eigenvalue weighted by Crippen LogP contribution is 2.41. The molecular formula is C16H22N2O2. The molecule has 2 amide bonds. The van der Waals surface area contributed by atoms with Gasteiger partial charge in [-0.25, -0.2) is 0 Å². The van der Waals surface area contributed by atoms with Gasteiger partial charge in [0.1, 0.15) is 5.54 Å².